The van der Waals surface area contributed by atoms with Gasteiger partial charge in [0, 0.05) is 12.4 Å². The molecule has 0 spiro atoms. The van der Waals surface area contributed by atoms with E-state index in [9.17, 15) is 0 Å². The second-order valence-electron chi connectivity index (χ2n) is 5.33. The number of fused-ring (bicyclic) bond motifs is 1. The van der Waals surface area contributed by atoms with E-state index in [-0.39, 0.29) is 6.04 Å². The molecule has 1 aromatic carbocycles. The maximum Gasteiger partial charge on any atom is 0.144 e. The Balaban J connectivity index is 1.77. The van der Waals surface area contributed by atoms with Crippen molar-refractivity contribution in [3.05, 3.63) is 53.6 Å². The molecule has 2 atom stereocenters. The van der Waals surface area contributed by atoms with Crippen LogP contribution in [0.5, 0.6) is 5.75 Å². The second-order valence-corrected chi connectivity index (χ2v) is 5.33. The minimum absolute atomic E-state index is 0.133. The molecule has 0 radical (unpaired) electrons. The SMILES string of the molecule is Cc1cnc(C(N)CC2CCOc3ccccc32)nc1. The molecule has 0 saturated carbocycles. The van der Waals surface area contributed by atoms with Crippen molar-refractivity contribution >= 4 is 0 Å². The highest BCUT2D eigenvalue weighted by Crippen LogP contribution is 2.37. The normalized spacial score (nSPS) is 19.0. The zero-order valence-electron chi connectivity index (χ0n) is 11.6. The molecular weight excluding hydrogens is 250 g/mol. The van der Waals surface area contributed by atoms with Gasteiger partial charge in [-0.1, -0.05) is 18.2 Å². The Morgan fingerprint density at radius 1 is 1.30 bits per heavy atom. The van der Waals surface area contributed by atoms with Crippen molar-refractivity contribution in [2.24, 2.45) is 5.73 Å². The first-order chi connectivity index (χ1) is 9.74. The molecule has 1 aromatic heterocycles. The molecule has 2 unspecified atom stereocenters. The number of para-hydroxylation sites is 1. The standard InChI is InChI=1S/C16H19N3O/c1-11-9-18-16(19-10-11)14(17)8-12-6-7-20-15-5-3-2-4-13(12)15/h2-5,9-10,12,14H,6-8,17H2,1H3. The predicted octanol–water partition coefficient (Wildman–Crippen LogP) is 2.74. The summed E-state index contributed by atoms with van der Waals surface area (Å²) in [4.78, 5) is 8.66. The smallest absolute Gasteiger partial charge is 0.144 e. The van der Waals surface area contributed by atoms with Crippen molar-refractivity contribution in [1.82, 2.24) is 9.97 Å². The van der Waals surface area contributed by atoms with Crippen LogP contribution in [0.15, 0.2) is 36.7 Å². The van der Waals surface area contributed by atoms with E-state index in [1.165, 1.54) is 5.56 Å². The predicted molar refractivity (Wildman–Crippen MR) is 77.6 cm³/mol. The third kappa shape index (κ3) is 2.65. The number of benzene rings is 1. The Morgan fingerprint density at radius 2 is 2.05 bits per heavy atom. The average Bonchev–Trinajstić information content (AvgIpc) is 2.48. The number of nitrogens with zero attached hydrogens (tertiary/aromatic N) is 2. The number of rotatable bonds is 3. The summed E-state index contributed by atoms with van der Waals surface area (Å²) in [6.45, 7) is 2.73. The van der Waals surface area contributed by atoms with Gasteiger partial charge in [-0.25, -0.2) is 9.97 Å². The molecule has 2 aromatic rings. The first-order valence-electron chi connectivity index (χ1n) is 7.00. The molecule has 1 aliphatic heterocycles. The molecule has 3 rings (SSSR count). The van der Waals surface area contributed by atoms with Crippen LogP contribution in [0.3, 0.4) is 0 Å². The van der Waals surface area contributed by atoms with Crippen LogP contribution in [-0.2, 0) is 0 Å². The Hall–Kier alpha value is -1.94. The van der Waals surface area contributed by atoms with Crippen molar-refractivity contribution in [1.29, 1.82) is 0 Å². The molecule has 0 aliphatic carbocycles. The van der Waals surface area contributed by atoms with Crippen LogP contribution in [0.2, 0.25) is 0 Å². The summed E-state index contributed by atoms with van der Waals surface area (Å²) >= 11 is 0. The Labute approximate surface area is 119 Å². The maximum atomic E-state index is 6.27. The van der Waals surface area contributed by atoms with Gasteiger partial charge in [0.25, 0.3) is 0 Å². The van der Waals surface area contributed by atoms with Crippen LogP contribution >= 0.6 is 0 Å². The van der Waals surface area contributed by atoms with Gasteiger partial charge in [0.05, 0.1) is 12.6 Å². The number of hydrogen-bond acceptors (Lipinski definition) is 4. The lowest BCUT2D eigenvalue weighted by Crippen LogP contribution is -2.21. The van der Waals surface area contributed by atoms with Gasteiger partial charge in [-0.3, -0.25) is 0 Å². The maximum absolute atomic E-state index is 6.27. The number of hydrogen-bond donors (Lipinski definition) is 1. The van der Waals surface area contributed by atoms with Crippen molar-refractivity contribution in [2.45, 2.75) is 31.7 Å². The minimum atomic E-state index is -0.133. The molecule has 4 nitrogen and oxygen atoms in total. The first-order valence-corrected chi connectivity index (χ1v) is 7.00. The average molecular weight is 269 g/mol. The Morgan fingerprint density at radius 3 is 2.85 bits per heavy atom. The van der Waals surface area contributed by atoms with Gasteiger partial charge in [0.15, 0.2) is 0 Å². The minimum Gasteiger partial charge on any atom is -0.493 e. The van der Waals surface area contributed by atoms with E-state index < -0.39 is 0 Å². The summed E-state index contributed by atoms with van der Waals surface area (Å²) < 4.78 is 5.68. The third-order valence-electron chi connectivity index (χ3n) is 3.75. The van der Waals surface area contributed by atoms with E-state index in [0.29, 0.717) is 5.92 Å². The molecule has 2 N–H and O–H groups in total. The van der Waals surface area contributed by atoms with Crippen LogP contribution in [0, 0.1) is 6.92 Å². The number of aromatic nitrogens is 2. The third-order valence-corrected chi connectivity index (χ3v) is 3.75. The number of nitrogens with two attached hydrogens (primary N) is 1. The molecule has 2 heterocycles. The van der Waals surface area contributed by atoms with Crippen molar-refractivity contribution in [2.75, 3.05) is 6.61 Å². The molecule has 0 saturated heterocycles. The van der Waals surface area contributed by atoms with Gasteiger partial charge >= 0.3 is 0 Å². The summed E-state index contributed by atoms with van der Waals surface area (Å²) in [5, 5.41) is 0. The summed E-state index contributed by atoms with van der Waals surface area (Å²) in [7, 11) is 0. The van der Waals surface area contributed by atoms with E-state index in [1.54, 1.807) is 0 Å². The molecule has 0 amide bonds. The topological polar surface area (TPSA) is 61.0 Å². The molecule has 0 bridgehead atoms. The molecule has 4 heteroatoms. The van der Waals surface area contributed by atoms with Crippen LogP contribution in [0.1, 0.15) is 41.8 Å². The highest BCUT2D eigenvalue weighted by Gasteiger charge is 2.24. The van der Waals surface area contributed by atoms with Gasteiger partial charge in [-0.15, -0.1) is 0 Å². The fourth-order valence-corrected chi connectivity index (χ4v) is 2.67. The number of aryl methyl sites for hydroxylation is 1. The molecule has 104 valence electrons. The lowest BCUT2D eigenvalue weighted by atomic mass is 9.87. The molecule has 0 fully saturated rings. The van der Waals surface area contributed by atoms with Crippen molar-refractivity contribution < 1.29 is 4.74 Å². The lowest BCUT2D eigenvalue weighted by molar-refractivity contribution is 0.258. The summed E-state index contributed by atoms with van der Waals surface area (Å²) in [5.41, 5.74) is 8.57. The molecule has 1 aliphatic rings. The van der Waals surface area contributed by atoms with Gasteiger partial charge < -0.3 is 10.5 Å². The highest BCUT2D eigenvalue weighted by molar-refractivity contribution is 5.37. The summed E-state index contributed by atoms with van der Waals surface area (Å²) in [6.07, 6.45) is 5.49. The monoisotopic (exact) mass is 269 g/mol. The fraction of sp³-hybridized carbons (Fsp3) is 0.375. The summed E-state index contributed by atoms with van der Waals surface area (Å²) in [5.74, 6) is 2.13. The van der Waals surface area contributed by atoms with Crippen LogP contribution in [0.25, 0.3) is 0 Å². The van der Waals surface area contributed by atoms with E-state index in [1.807, 2.05) is 31.5 Å². The van der Waals surface area contributed by atoms with E-state index in [0.717, 1.165) is 36.6 Å². The van der Waals surface area contributed by atoms with E-state index in [2.05, 4.69) is 22.1 Å². The van der Waals surface area contributed by atoms with Crippen LogP contribution in [-0.4, -0.2) is 16.6 Å². The summed E-state index contributed by atoms with van der Waals surface area (Å²) in [6, 6.07) is 8.07. The quantitative estimate of drug-likeness (QED) is 0.930. The van der Waals surface area contributed by atoms with Gasteiger partial charge in [-0.2, -0.15) is 0 Å². The Bertz CT molecular complexity index is 583. The van der Waals surface area contributed by atoms with Crippen LogP contribution in [0.4, 0.5) is 0 Å². The zero-order chi connectivity index (χ0) is 13.9. The van der Waals surface area contributed by atoms with E-state index in [4.69, 9.17) is 10.5 Å². The molecule has 20 heavy (non-hydrogen) atoms. The van der Waals surface area contributed by atoms with Gasteiger partial charge in [0.2, 0.25) is 0 Å². The van der Waals surface area contributed by atoms with Crippen LogP contribution < -0.4 is 10.5 Å². The van der Waals surface area contributed by atoms with Gasteiger partial charge in [-0.05, 0) is 42.9 Å². The van der Waals surface area contributed by atoms with Crippen molar-refractivity contribution in [3.63, 3.8) is 0 Å². The zero-order valence-corrected chi connectivity index (χ0v) is 11.6. The fourth-order valence-electron chi connectivity index (χ4n) is 2.67. The van der Waals surface area contributed by atoms with E-state index >= 15 is 0 Å². The second kappa shape index (κ2) is 5.59. The largest absolute Gasteiger partial charge is 0.493 e. The van der Waals surface area contributed by atoms with Crippen molar-refractivity contribution in [3.8, 4) is 5.75 Å². The Kier molecular flexibility index (Phi) is 3.65. The molecular formula is C16H19N3O. The number of ether oxygens (including phenoxy) is 1. The highest BCUT2D eigenvalue weighted by atomic mass is 16.5. The first kappa shape index (κ1) is 13.1. The lowest BCUT2D eigenvalue weighted by Gasteiger charge is -2.27. The van der Waals surface area contributed by atoms with Gasteiger partial charge in [0.1, 0.15) is 11.6 Å².